The van der Waals surface area contributed by atoms with Gasteiger partial charge in [-0.2, -0.15) is 0 Å². The molecule has 1 aromatic rings. The zero-order valence-electron chi connectivity index (χ0n) is 9.18. The second-order valence-corrected chi connectivity index (χ2v) is 3.06. The lowest BCUT2D eigenvalue weighted by Gasteiger charge is -2.06. The predicted octanol–water partition coefficient (Wildman–Crippen LogP) is 1.87. The van der Waals surface area contributed by atoms with Gasteiger partial charge >= 0.3 is 0 Å². The van der Waals surface area contributed by atoms with E-state index in [-0.39, 0.29) is 30.3 Å². The second kappa shape index (κ2) is 6.34. The molecule has 0 saturated carbocycles. The molecule has 1 N–H and O–H groups in total. The first-order valence-corrected chi connectivity index (χ1v) is 4.81. The van der Waals surface area contributed by atoms with E-state index in [9.17, 15) is 9.18 Å². The molecule has 0 radical (unpaired) electrons. The lowest BCUT2D eigenvalue weighted by Crippen LogP contribution is -2.25. The van der Waals surface area contributed by atoms with Crippen molar-refractivity contribution in [3.63, 3.8) is 0 Å². The normalized spacial score (nSPS) is 9.29. The average Bonchev–Trinajstić information content (AvgIpc) is 2.35. The van der Waals surface area contributed by atoms with Gasteiger partial charge in [-0.3, -0.25) is 4.79 Å². The monoisotopic (exact) mass is 238 g/mol. The van der Waals surface area contributed by atoms with Crippen molar-refractivity contribution >= 4 is 5.91 Å². The smallest absolute Gasteiger partial charge is 0.251 e. The van der Waals surface area contributed by atoms with Crippen LogP contribution in [0.3, 0.4) is 0 Å². The first-order chi connectivity index (χ1) is 8.19. The molecule has 6 nitrogen and oxygen atoms in total. The fourth-order valence-corrected chi connectivity index (χ4v) is 1.17. The Hall–Kier alpha value is -2.27. The fraction of sp³-hybridized carbons (Fsp3) is 0.300. The van der Waals surface area contributed by atoms with Crippen molar-refractivity contribution in [3.05, 3.63) is 40.0 Å². The molecule has 1 aromatic carbocycles. The van der Waals surface area contributed by atoms with E-state index in [2.05, 4.69) is 15.3 Å². The van der Waals surface area contributed by atoms with Gasteiger partial charge in [0.05, 0.1) is 7.11 Å². The van der Waals surface area contributed by atoms with Gasteiger partial charge in [0.2, 0.25) is 0 Å². The van der Waals surface area contributed by atoms with Crippen LogP contribution in [0.5, 0.6) is 5.75 Å². The van der Waals surface area contributed by atoms with E-state index in [1.54, 1.807) is 0 Å². The summed E-state index contributed by atoms with van der Waals surface area (Å²) in [5.74, 6) is -0.901. The molecule has 0 bridgehead atoms. The molecule has 1 amide bonds. The lowest BCUT2D eigenvalue weighted by atomic mass is 10.2. The molecule has 17 heavy (non-hydrogen) atoms. The van der Waals surface area contributed by atoms with Crippen molar-refractivity contribution in [3.8, 4) is 5.75 Å². The van der Waals surface area contributed by atoms with Crippen LogP contribution < -0.4 is 10.1 Å². The number of amides is 1. The number of nitrogens with one attached hydrogen (secondary N) is 1. The molecular formula is C10H11FN4O2. The highest BCUT2D eigenvalue weighted by molar-refractivity contribution is 5.94. The molecule has 0 fully saturated rings. The summed E-state index contributed by atoms with van der Waals surface area (Å²) in [6, 6.07) is 3.81. The van der Waals surface area contributed by atoms with E-state index in [0.29, 0.717) is 0 Å². The standard InChI is InChI=1S/C10H11FN4O2/c1-17-9-6-7(2-3-8(9)11)10(16)13-4-5-14-15-12/h2-3,6H,4-5H2,1H3,(H,13,16). The summed E-state index contributed by atoms with van der Waals surface area (Å²) in [6.45, 7) is 0.392. The van der Waals surface area contributed by atoms with Crippen LogP contribution in [-0.4, -0.2) is 26.1 Å². The number of azide groups is 1. The summed E-state index contributed by atoms with van der Waals surface area (Å²) >= 11 is 0. The molecule has 0 heterocycles. The molecule has 0 aliphatic rings. The van der Waals surface area contributed by atoms with Crippen LogP contribution in [0, 0.1) is 5.82 Å². The van der Waals surface area contributed by atoms with Gasteiger partial charge in [-0.25, -0.2) is 4.39 Å². The molecule has 1 rings (SSSR count). The van der Waals surface area contributed by atoms with Crippen LogP contribution in [0.4, 0.5) is 4.39 Å². The zero-order valence-corrected chi connectivity index (χ0v) is 9.18. The van der Waals surface area contributed by atoms with Gasteiger partial charge in [0.15, 0.2) is 11.6 Å². The number of benzene rings is 1. The number of hydrogen-bond acceptors (Lipinski definition) is 3. The quantitative estimate of drug-likeness (QED) is 0.367. The highest BCUT2D eigenvalue weighted by atomic mass is 19.1. The predicted molar refractivity (Wildman–Crippen MR) is 59.3 cm³/mol. The number of nitrogens with zero attached hydrogens (tertiary/aromatic N) is 3. The molecule has 0 atom stereocenters. The van der Waals surface area contributed by atoms with Crippen LogP contribution in [-0.2, 0) is 0 Å². The third-order valence-corrected chi connectivity index (χ3v) is 1.97. The number of methoxy groups -OCH3 is 1. The van der Waals surface area contributed by atoms with Gasteiger partial charge in [0, 0.05) is 23.6 Å². The first kappa shape index (κ1) is 12.8. The SMILES string of the molecule is COc1cc(C(=O)NCCN=[N+]=[N-])ccc1F. The van der Waals surface area contributed by atoms with Gasteiger partial charge in [-0.1, -0.05) is 5.11 Å². The van der Waals surface area contributed by atoms with E-state index in [4.69, 9.17) is 10.3 Å². The average molecular weight is 238 g/mol. The Balaban J connectivity index is 2.65. The number of hydrogen-bond donors (Lipinski definition) is 1. The van der Waals surface area contributed by atoms with Gasteiger partial charge in [-0.05, 0) is 23.7 Å². The van der Waals surface area contributed by atoms with Gasteiger partial charge in [-0.15, -0.1) is 0 Å². The Morgan fingerprint density at radius 2 is 2.41 bits per heavy atom. The highest BCUT2D eigenvalue weighted by Gasteiger charge is 2.09. The second-order valence-electron chi connectivity index (χ2n) is 3.06. The number of ether oxygens (including phenoxy) is 1. The molecular weight excluding hydrogens is 227 g/mol. The van der Waals surface area contributed by atoms with E-state index < -0.39 is 5.82 Å². The van der Waals surface area contributed by atoms with Crippen LogP contribution in [0.1, 0.15) is 10.4 Å². The molecule has 0 unspecified atom stereocenters. The third kappa shape index (κ3) is 3.66. The minimum Gasteiger partial charge on any atom is -0.494 e. The Morgan fingerprint density at radius 3 is 3.06 bits per heavy atom. The molecule has 0 saturated heterocycles. The van der Waals surface area contributed by atoms with Crippen molar-refractivity contribution in [1.29, 1.82) is 0 Å². The molecule has 90 valence electrons. The summed E-state index contributed by atoms with van der Waals surface area (Å²) in [4.78, 5) is 14.1. The van der Waals surface area contributed by atoms with E-state index >= 15 is 0 Å². The molecule has 0 aromatic heterocycles. The van der Waals surface area contributed by atoms with Crippen molar-refractivity contribution in [2.75, 3.05) is 20.2 Å². The highest BCUT2D eigenvalue weighted by Crippen LogP contribution is 2.17. The van der Waals surface area contributed by atoms with Crippen molar-refractivity contribution in [2.45, 2.75) is 0 Å². The van der Waals surface area contributed by atoms with Crippen molar-refractivity contribution in [2.24, 2.45) is 5.11 Å². The van der Waals surface area contributed by atoms with Gasteiger partial charge in [0.1, 0.15) is 0 Å². The number of carbonyl (C=O) groups excluding carboxylic acids is 1. The fourth-order valence-electron chi connectivity index (χ4n) is 1.17. The van der Waals surface area contributed by atoms with E-state index in [0.717, 1.165) is 6.07 Å². The molecule has 0 aliphatic heterocycles. The Bertz CT molecular complexity index is 458. The molecule has 0 aliphatic carbocycles. The first-order valence-electron chi connectivity index (χ1n) is 4.81. The maximum atomic E-state index is 13.1. The van der Waals surface area contributed by atoms with Crippen molar-refractivity contribution in [1.82, 2.24) is 5.32 Å². The Morgan fingerprint density at radius 1 is 1.65 bits per heavy atom. The number of carbonyl (C=O) groups is 1. The summed E-state index contributed by atoms with van der Waals surface area (Å²) in [6.07, 6.45) is 0. The van der Waals surface area contributed by atoms with E-state index in [1.165, 1.54) is 19.2 Å². The molecule has 0 spiro atoms. The minimum absolute atomic E-state index is 0.00713. The Labute approximate surface area is 97.0 Å². The summed E-state index contributed by atoms with van der Waals surface area (Å²) in [7, 11) is 1.32. The van der Waals surface area contributed by atoms with Crippen LogP contribution in [0.25, 0.3) is 10.4 Å². The summed E-state index contributed by atoms with van der Waals surface area (Å²) < 4.78 is 17.8. The zero-order chi connectivity index (χ0) is 12.7. The summed E-state index contributed by atoms with van der Waals surface area (Å²) in [5.41, 5.74) is 8.32. The minimum atomic E-state index is -0.530. The van der Waals surface area contributed by atoms with Crippen molar-refractivity contribution < 1.29 is 13.9 Å². The maximum Gasteiger partial charge on any atom is 0.251 e. The third-order valence-electron chi connectivity index (χ3n) is 1.97. The Kier molecular flexibility index (Phi) is 4.77. The van der Waals surface area contributed by atoms with Gasteiger partial charge < -0.3 is 10.1 Å². The lowest BCUT2D eigenvalue weighted by molar-refractivity contribution is 0.0954. The van der Waals surface area contributed by atoms with Crippen LogP contribution >= 0.6 is 0 Å². The summed E-state index contributed by atoms with van der Waals surface area (Å²) in [5, 5.41) is 5.79. The van der Waals surface area contributed by atoms with Crippen LogP contribution in [0.2, 0.25) is 0 Å². The largest absolute Gasteiger partial charge is 0.494 e. The maximum absolute atomic E-state index is 13.1. The molecule has 7 heteroatoms. The topological polar surface area (TPSA) is 87.1 Å². The number of halogens is 1. The van der Waals surface area contributed by atoms with E-state index in [1.807, 2.05) is 0 Å². The number of rotatable bonds is 5. The van der Waals surface area contributed by atoms with Crippen LogP contribution in [0.15, 0.2) is 23.3 Å². The van der Waals surface area contributed by atoms with Gasteiger partial charge in [0.25, 0.3) is 5.91 Å².